The van der Waals surface area contributed by atoms with Gasteiger partial charge in [0, 0.05) is 11.9 Å². The van der Waals surface area contributed by atoms with Crippen molar-refractivity contribution in [1.82, 2.24) is 9.97 Å². The summed E-state index contributed by atoms with van der Waals surface area (Å²) in [5.74, 6) is 0.910. The maximum Gasteiger partial charge on any atom is 0.148 e. The summed E-state index contributed by atoms with van der Waals surface area (Å²) in [5, 5.41) is 12.3. The van der Waals surface area contributed by atoms with E-state index in [0.717, 1.165) is 17.1 Å². The molecule has 4 heteroatoms. The zero-order valence-electron chi connectivity index (χ0n) is 11.3. The van der Waals surface area contributed by atoms with Gasteiger partial charge in [-0.15, -0.1) is 0 Å². The predicted molar refractivity (Wildman–Crippen MR) is 75.3 cm³/mol. The number of rotatable bonds is 3. The van der Waals surface area contributed by atoms with Crippen molar-refractivity contribution in [2.24, 2.45) is 0 Å². The third-order valence-electron chi connectivity index (χ3n) is 2.89. The Morgan fingerprint density at radius 1 is 1.26 bits per heavy atom. The molecule has 0 radical (unpaired) electrons. The van der Waals surface area contributed by atoms with E-state index in [1.807, 2.05) is 25.1 Å². The van der Waals surface area contributed by atoms with Crippen LogP contribution in [0.4, 0.5) is 11.5 Å². The molecule has 0 saturated carbocycles. The van der Waals surface area contributed by atoms with Gasteiger partial charge in [0.15, 0.2) is 0 Å². The van der Waals surface area contributed by atoms with E-state index in [9.17, 15) is 0 Å². The first-order chi connectivity index (χ1) is 9.11. The second-order valence-corrected chi connectivity index (χ2v) is 4.66. The molecule has 2 aromatic heterocycles. The lowest BCUT2D eigenvalue weighted by Gasteiger charge is -2.12. The largest absolute Gasteiger partial charge is 0.338 e. The van der Waals surface area contributed by atoms with E-state index in [2.05, 4.69) is 35.2 Å². The predicted octanol–water partition coefficient (Wildman–Crippen LogP) is 3.52. The third kappa shape index (κ3) is 2.89. The number of aryl methyl sites for hydroxylation is 1. The minimum absolute atomic E-state index is 0.322. The SMILES string of the molecule is Cc1ncccc1Nc1nc(C(C)C)ccc1C#N. The van der Waals surface area contributed by atoms with Crippen LogP contribution in [0.25, 0.3) is 0 Å². The summed E-state index contributed by atoms with van der Waals surface area (Å²) in [6.07, 6.45) is 1.74. The monoisotopic (exact) mass is 252 g/mol. The van der Waals surface area contributed by atoms with Gasteiger partial charge in [-0.25, -0.2) is 4.98 Å². The van der Waals surface area contributed by atoms with Crippen molar-refractivity contribution in [2.45, 2.75) is 26.7 Å². The van der Waals surface area contributed by atoms with Gasteiger partial charge in [-0.05, 0) is 37.1 Å². The topological polar surface area (TPSA) is 61.6 Å². The molecule has 2 aromatic rings. The maximum absolute atomic E-state index is 9.15. The van der Waals surface area contributed by atoms with Crippen LogP contribution in [0.5, 0.6) is 0 Å². The number of pyridine rings is 2. The van der Waals surface area contributed by atoms with E-state index >= 15 is 0 Å². The average Bonchev–Trinajstić information content (AvgIpc) is 2.41. The fraction of sp³-hybridized carbons (Fsp3) is 0.267. The van der Waals surface area contributed by atoms with Crippen molar-refractivity contribution in [3.8, 4) is 6.07 Å². The van der Waals surface area contributed by atoms with Gasteiger partial charge in [-0.1, -0.05) is 13.8 Å². The molecule has 19 heavy (non-hydrogen) atoms. The van der Waals surface area contributed by atoms with Crippen LogP contribution in [0, 0.1) is 18.3 Å². The molecule has 4 nitrogen and oxygen atoms in total. The van der Waals surface area contributed by atoms with E-state index in [1.165, 1.54) is 0 Å². The van der Waals surface area contributed by atoms with Gasteiger partial charge >= 0.3 is 0 Å². The van der Waals surface area contributed by atoms with Crippen molar-refractivity contribution >= 4 is 11.5 Å². The molecule has 2 heterocycles. The molecule has 0 aliphatic carbocycles. The highest BCUT2D eigenvalue weighted by molar-refractivity contribution is 5.64. The molecule has 0 aliphatic rings. The van der Waals surface area contributed by atoms with Crippen LogP contribution in [-0.4, -0.2) is 9.97 Å². The molecule has 96 valence electrons. The lowest BCUT2D eigenvalue weighted by molar-refractivity contribution is 0.824. The Bertz CT molecular complexity index is 626. The fourth-order valence-corrected chi connectivity index (χ4v) is 1.73. The number of hydrogen-bond donors (Lipinski definition) is 1. The Morgan fingerprint density at radius 3 is 2.68 bits per heavy atom. The summed E-state index contributed by atoms with van der Waals surface area (Å²) in [4.78, 5) is 8.73. The average molecular weight is 252 g/mol. The fourth-order valence-electron chi connectivity index (χ4n) is 1.73. The summed E-state index contributed by atoms with van der Waals surface area (Å²) in [6.45, 7) is 6.07. The van der Waals surface area contributed by atoms with E-state index in [-0.39, 0.29) is 0 Å². The van der Waals surface area contributed by atoms with Crippen molar-refractivity contribution in [2.75, 3.05) is 5.32 Å². The van der Waals surface area contributed by atoms with Gasteiger partial charge < -0.3 is 5.32 Å². The van der Waals surface area contributed by atoms with E-state index < -0.39 is 0 Å². The van der Waals surface area contributed by atoms with Crippen molar-refractivity contribution in [3.63, 3.8) is 0 Å². The van der Waals surface area contributed by atoms with Gasteiger partial charge in [0.05, 0.1) is 16.9 Å². The molecule has 0 fully saturated rings. The van der Waals surface area contributed by atoms with Gasteiger partial charge in [0.25, 0.3) is 0 Å². The molecule has 1 N–H and O–H groups in total. The summed E-state index contributed by atoms with van der Waals surface area (Å²) < 4.78 is 0. The summed E-state index contributed by atoms with van der Waals surface area (Å²) in [7, 11) is 0. The first-order valence-electron chi connectivity index (χ1n) is 6.21. The van der Waals surface area contributed by atoms with Crippen molar-refractivity contribution in [3.05, 3.63) is 47.4 Å². The minimum Gasteiger partial charge on any atom is -0.338 e. The van der Waals surface area contributed by atoms with Crippen LogP contribution < -0.4 is 5.32 Å². The lowest BCUT2D eigenvalue weighted by atomic mass is 10.1. The van der Waals surface area contributed by atoms with Gasteiger partial charge in [0.1, 0.15) is 11.9 Å². The quantitative estimate of drug-likeness (QED) is 0.907. The number of aromatic nitrogens is 2. The van der Waals surface area contributed by atoms with E-state index in [1.54, 1.807) is 12.3 Å². The highest BCUT2D eigenvalue weighted by Gasteiger charge is 2.09. The molecule has 0 unspecified atom stereocenters. The molecular formula is C15H16N4. The second kappa shape index (κ2) is 5.49. The summed E-state index contributed by atoms with van der Waals surface area (Å²) >= 11 is 0. The van der Waals surface area contributed by atoms with Gasteiger partial charge in [-0.3, -0.25) is 4.98 Å². The number of nitrogens with zero attached hydrogens (tertiary/aromatic N) is 3. The Labute approximate surface area is 113 Å². The molecule has 0 atom stereocenters. The van der Waals surface area contributed by atoms with Crippen LogP contribution in [-0.2, 0) is 0 Å². The van der Waals surface area contributed by atoms with E-state index in [4.69, 9.17) is 5.26 Å². The third-order valence-corrected chi connectivity index (χ3v) is 2.89. The number of anilines is 2. The standard InChI is InChI=1S/C15H16N4/c1-10(2)13-7-6-12(9-16)15(18-13)19-14-5-4-8-17-11(14)3/h4-8,10H,1-3H3,(H,18,19). The molecule has 0 aliphatic heterocycles. The number of nitrogens with one attached hydrogen (secondary N) is 1. The van der Waals surface area contributed by atoms with Gasteiger partial charge in [0.2, 0.25) is 0 Å². The van der Waals surface area contributed by atoms with Crippen molar-refractivity contribution < 1.29 is 0 Å². The highest BCUT2D eigenvalue weighted by atomic mass is 15.0. The van der Waals surface area contributed by atoms with Crippen LogP contribution in [0.15, 0.2) is 30.5 Å². The molecule has 0 bridgehead atoms. The number of hydrogen-bond acceptors (Lipinski definition) is 4. The Morgan fingerprint density at radius 2 is 2.05 bits per heavy atom. The lowest BCUT2D eigenvalue weighted by Crippen LogP contribution is -2.02. The molecule has 0 spiro atoms. The van der Waals surface area contributed by atoms with Gasteiger partial charge in [-0.2, -0.15) is 5.26 Å². The molecule has 0 saturated heterocycles. The first kappa shape index (κ1) is 13.0. The first-order valence-corrected chi connectivity index (χ1v) is 6.21. The molecule has 0 amide bonds. The van der Waals surface area contributed by atoms with Crippen LogP contribution >= 0.6 is 0 Å². The summed E-state index contributed by atoms with van der Waals surface area (Å²) in [6, 6.07) is 9.63. The minimum atomic E-state index is 0.322. The maximum atomic E-state index is 9.15. The van der Waals surface area contributed by atoms with Crippen LogP contribution in [0.3, 0.4) is 0 Å². The van der Waals surface area contributed by atoms with Crippen LogP contribution in [0.2, 0.25) is 0 Å². The zero-order valence-corrected chi connectivity index (χ0v) is 11.3. The molecule has 0 aromatic carbocycles. The normalized spacial score (nSPS) is 10.3. The van der Waals surface area contributed by atoms with Crippen LogP contribution in [0.1, 0.15) is 36.7 Å². The molecular weight excluding hydrogens is 236 g/mol. The smallest absolute Gasteiger partial charge is 0.148 e. The Kier molecular flexibility index (Phi) is 3.76. The highest BCUT2D eigenvalue weighted by Crippen LogP contribution is 2.22. The summed E-state index contributed by atoms with van der Waals surface area (Å²) in [5.41, 5.74) is 3.24. The Hall–Kier alpha value is -2.41. The van der Waals surface area contributed by atoms with Crippen molar-refractivity contribution in [1.29, 1.82) is 5.26 Å². The second-order valence-electron chi connectivity index (χ2n) is 4.66. The molecule has 2 rings (SSSR count). The number of nitriles is 1. The Balaban J connectivity index is 2.41. The zero-order chi connectivity index (χ0) is 13.8. The van der Waals surface area contributed by atoms with E-state index in [0.29, 0.717) is 17.3 Å².